The molecule has 0 radical (unpaired) electrons. The molecule has 0 spiro atoms. The van der Waals surface area contributed by atoms with E-state index in [0.29, 0.717) is 0 Å². The molecular formula is C13H20N2O. The van der Waals surface area contributed by atoms with E-state index < -0.39 is 0 Å². The Labute approximate surface area is 97.1 Å². The van der Waals surface area contributed by atoms with Gasteiger partial charge in [0, 0.05) is 19.6 Å². The Hall–Kier alpha value is -1.22. The summed E-state index contributed by atoms with van der Waals surface area (Å²) < 4.78 is 0. The summed E-state index contributed by atoms with van der Waals surface area (Å²) in [6, 6.07) is 8.39. The van der Waals surface area contributed by atoms with Crippen molar-refractivity contribution in [2.24, 2.45) is 0 Å². The van der Waals surface area contributed by atoms with Crippen LogP contribution < -0.4 is 10.2 Å². The van der Waals surface area contributed by atoms with Crippen LogP contribution in [0.2, 0.25) is 0 Å². The van der Waals surface area contributed by atoms with Gasteiger partial charge in [-0.25, -0.2) is 0 Å². The van der Waals surface area contributed by atoms with Crippen LogP contribution in [0.1, 0.15) is 19.8 Å². The number of nitrogens with one attached hydrogen (secondary N) is 1. The minimum absolute atomic E-state index is 0.109. The summed E-state index contributed by atoms with van der Waals surface area (Å²) in [4.78, 5) is 2.35. The predicted molar refractivity (Wildman–Crippen MR) is 68.1 cm³/mol. The van der Waals surface area contributed by atoms with Crippen molar-refractivity contribution in [1.82, 2.24) is 0 Å². The zero-order valence-electron chi connectivity index (χ0n) is 9.82. The highest BCUT2D eigenvalue weighted by Crippen LogP contribution is 2.27. The molecule has 1 aliphatic heterocycles. The number of piperidine rings is 1. The van der Waals surface area contributed by atoms with Crippen LogP contribution in [0.25, 0.3) is 0 Å². The third-order valence-corrected chi connectivity index (χ3v) is 3.08. The van der Waals surface area contributed by atoms with Gasteiger partial charge in [0.05, 0.1) is 17.5 Å². The summed E-state index contributed by atoms with van der Waals surface area (Å²) in [6.45, 7) is 4.94. The van der Waals surface area contributed by atoms with Gasteiger partial charge in [-0.15, -0.1) is 0 Å². The number of aliphatic hydroxyl groups excluding tert-OH is 1. The topological polar surface area (TPSA) is 35.5 Å². The van der Waals surface area contributed by atoms with Gasteiger partial charge < -0.3 is 15.3 Å². The molecule has 1 saturated heterocycles. The lowest BCUT2D eigenvalue weighted by molar-refractivity contribution is 0.145. The molecule has 0 unspecified atom stereocenters. The van der Waals surface area contributed by atoms with Gasteiger partial charge in [-0.05, 0) is 31.9 Å². The molecule has 1 aliphatic rings. The predicted octanol–water partition coefficient (Wildman–Crippen LogP) is 2.08. The largest absolute Gasteiger partial charge is 0.393 e. The van der Waals surface area contributed by atoms with Crippen molar-refractivity contribution in [3.8, 4) is 0 Å². The molecular weight excluding hydrogens is 200 g/mol. The van der Waals surface area contributed by atoms with E-state index in [1.54, 1.807) is 0 Å². The fourth-order valence-corrected chi connectivity index (χ4v) is 2.20. The molecule has 2 N–H and O–H groups in total. The van der Waals surface area contributed by atoms with E-state index in [2.05, 4.69) is 41.4 Å². The van der Waals surface area contributed by atoms with E-state index in [1.165, 1.54) is 11.4 Å². The Bertz CT molecular complexity index is 332. The van der Waals surface area contributed by atoms with E-state index in [9.17, 15) is 5.11 Å². The molecule has 1 aromatic rings. The van der Waals surface area contributed by atoms with Gasteiger partial charge >= 0.3 is 0 Å². The van der Waals surface area contributed by atoms with Crippen molar-refractivity contribution in [2.45, 2.75) is 25.9 Å². The van der Waals surface area contributed by atoms with Gasteiger partial charge in [0.15, 0.2) is 0 Å². The molecule has 0 bridgehead atoms. The lowest BCUT2D eigenvalue weighted by Gasteiger charge is -2.32. The first-order valence-corrected chi connectivity index (χ1v) is 6.07. The average Bonchev–Trinajstić information content (AvgIpc) is 2.32. The molecule has 0 aliphatic carbocycles. The van der Waals surface area contributed by atoms with Crippen LogP contribution >= 0.6 is 0 Å². The second-order valence-electron chi connectivity index (χ2n) is 4.27. The molecule has 1 aromatic carbocycles. The summed E-state index contributed by atoms with van der Waals surface area (Å²) >= 11 is 0. The second-order valence-corrected chi connectivity index (χ2v) is 4.27. The number of rotatable bonds is 3. The Morgan fingerprint density at radius 2 is 2.00 bits per heavy atom. The Morgan fingerprint density at radius 3 is 2.69 bits per heavy atom. The van der Waals surface area contributed by atoms with E-state index in [-0.39, 0.29) is 6.10 Å². The SMILES string of the molecule is CCNc1ccccc1N1CCC(O)CC1. The number of para-hydroxylation sites is 2. The van der Waals surface area contributed by atoms with Crippen LogP contribution in [0.3, 0.4) is 0 Å². The molecule has 0 saturated carbocycles. The number of nitrogens with zero attached hydrogens (tertiary/aromatic N) is 1. The van der Waals surface area contributed by atoms with Crippen molar-refractivity contribution in [1.29, 1.82) is 0 Å². The van der Waals surface area contributed by atoms with Gasteiger partial charge in [0.2, 0.25) is 0 Å². The highest BCUT2D eigenvalue weighted by atomic mass is 16.3. The molecule has 16 heavy (non-hydrogen) atoms. The molecule has 0 amide bonds. The van der Waals surface area contributed by atoms with Crippen LogP contribution in [0.15, 0.2) is 24.3 Å². The van der Waals surface area contributed by atoms with Crippen molar-refractivity contribution in [2.75, 3.05) is 29.9 Å². The van der Waals surface area contributed by atoms with Gasteiger partial charge in [0.1, 0.15) is 0 Å². The van der Waals surface area contributed by atoms with Crippen LogP contribution in [0.5, 0.6) is 0 Å². The van der Waals surface area contributed by atoms with Crippen LogP contribution in [-0.4, -0.2) is 30.8 Å². The first kappa shape index (κ1) is 11.3. The van der Waals surface area contributed by atoms with E-state index in [1.807, 2.05) is 0 Å². The average molecular weight is 220 g/mol. The zero-order valence-corrected chi connectivity index (χ0v) is 9.82. The van der Waals surface area contributed by atoms with Gasteiger partial charge in [-0.2, -0.15) is 0 Å². The zero-order chi connectivity index (χ0) is 11.4. The van der Waals surface area contributed by atoms with E-state index in [4.69, 9.17) is 0 Å². The summed E-state index contributed by atoms with van der Waals surface area (Å²) in [6.07, 6.45) is 1.64. The lowest BCUT2D eigenvalue weighted by Crippen LogP contribution is -2.36. The quantitative estimate of drug-likeness (QED) is 0.818. The number of anilines is 2. The van der Waals surface area contributed by atoms with Gasteiger partial charge in [-0.3, -0.25) is 0 Å². The molecule has 3 nitrogen and oxygen atoms in total. The number of benzene rings is 1. The van der Waals surface area contributed by atoms with Gasteiger partial charge in [0.25, 0.3) is 0 Å². The van der Waals surface area contributed by atoms with Crippen LogP contribution in [-0.2, 0) is 0 Å². The minimum atomic E-state index is -0.109. The maximum absolute atomic E-state index is 9.50. The molecule has 3 heteroatoms. The van der Waals surface area contributed by atoms with Crippen molar-refractivity contribution < 1.29 is 5.11 Å². The normalized spacial score (nSPS) is 17.5. The number of aliphatic hydroxyl groups is 1. The highest BCUT2D eigenvalue weighted by molar-refractivity contribution is 5.70. The third kappa shape index (κ3) is 2.47. The van der Waals surface area contributed by atoms with Crippen molar-refractivity contribution in [3.63, 3.8) is 0 Å². The van der Waals surface area contributed by atoms with Crippen molar-refractivity contribution in [3.05, 3.63) is 24.3 Å². The summed E-state index contributed by atoms with van der Waals surface area (Å²) in [7, 11) is 0. The van der Waals surface area contributed by atoms with Crippen LogP contribution in [0.4, 0.5) is 11.4 Å². The summed E-state index contributed by atoms with van der Waals surface area (Å²) in [5.74, 6) is 0. The van der Waals surface area contributed by atoms with Crippen molar-refractivity contribution >= 4 is 11.4 Å². The molecule has 88 valence electrons. The molecule has 1 heterocycles. The first-order valence-electron chi connectivity index (χ1n) is 6.07. The van der Waals surface area contributed by atoms with E-state index in [0.717, 1.165) is 32.5 Å². The Balaban J connectivity index is 2.13. The smallest absolute Gasteiger partial charge is 0.0602 e. The first-order chi connectivity index (χ1) is 7.81. The maximum atomic E-state index is 9.50. The second kappa shape index (κ2) is 5.21. The lowest BCUT2D eigenvalue weighted by atomic mass is 10.1. The monoisotopic (exact) mass is 220 g/mol. The van der Waals surface area contributed by atoms with Gasteiger partial charge in [-0.1, -0.05) is 12.1 Å². The third-order valence-electron chi connectivity index (χ3n) is 3.08. The fraction of sp³-hybridized carbons (Fsp3) is 0.538. The molecule has 1 fully saturated rings. The fourth-order valence-electron chi connectivity index (χ4n) is 2.20. The standard InChI is InChI=1S/C13H20N2O/c1-2-14-12-5-3-4-6-13(12)15-9-7-11(16)8-10-15/h3-6,11,14,16H,2,7-10H2,1H3. The Kier molecular flexibility index (Phi) is 3.67. The molecule has 2 rings (SSSR count). The van der Waals surface area contributed by atoms with Crippen LogP contribution in [0, 0.1) is 0 Å². The molecule has 0 atom stereocenters. The highest BCUT2D eigenvalue weighted by Gasteiger charge is 2.18. The van der Waals surface area contributed by atoms with E-state index >= 15 is 0 Å². The number of hydrogen-bond acceptors (Lipinski definition) is 3. The summed E-state index contributed by atoms with van der Waals surface area (Å²) in [5.41, 5.74) is 2.46. The minimum Gasteiger partial charge on any atom is -0.393 e. The Morgan fingerprint density at radius 1 is 1.31 bits per heavy atom. The summed E-state index contributed by atoms with van der Waals surface area (Å²) in [5, 5.41) is 12.9. The number of hydrogen-bond donors (Lipinski definition) is 2. The maximum Gasteiger partial charge on any atom is 0.0602 e. The molecule has 0 aromatic heterocycles.